The van der Waals surface area contributed by atoms with Gasteiger partial charge in [-0.05, 0) is 30.3 Å². The lowest BCUT2D eigenvalue weighted by atomic mass is 10.2. The molecule has 21 heavy (non-hydrogen) atoms. The number of benzene rings is 2. The van der Waals surface area contributed by atoms with Gasteiger partial charge in [0.1, 0.15) is 12.4 Å². The summed E-state index contributed by atoms with van der Waals surface area (Å²) in [4.78, 5) is 13.4. The van der Waals surface area contributed by atoms with Gasteiger partial charge >= 0.3 is 0 Å². The van der Waals surface area contributed by atoms with E-state index < -0.39 is 11.6 Å². The Morgan fingerprint density at radius 3 is 2.62 bits per heavy atom. The predicted molar refractivity (Wildman–Crippen MR) is 75.3 cm³/mol. The Kier molecular flexibility index (Phi) is 4.87. The van der Waals surface area contributed by atoms with E-state index in [1.165, 1.54) is 35.2 Å². The fourth-order valence-electron chi connectivity index (χ4n) is 1.80. The van der Waals surface area contributed by atoms with Crippen LogP contribution in [-0.2, 0) is 0 Å². The highest BCUT2D eigenvalue weighted by Crippen LogP contribution is 2.15. The van der Waals surface area contributed by atoms with E-state index in [-0.39, 0.29) is 30.4 Å². The summed E-state index contributed by atoms with van der Waals surface area (Å²) < 4.78 is 31.7. The molecule has 0 bridgehead atoms. The molecule has 3 nitrogen and oxygen atoms in total. The van der Waals surface area contributed by atoms with Crippen LogP contribution in [0.1, 0.15) is 10.4 Å². The van der Waals surface area contributed by atoms with Gasteiger partial charge in [-0.15, -0.1) is 0 Å². The van der Waals surface area contributed by atoms with Gasteiger partial charge < -0.3 is 9.64 Å². The first-order valence-electron chi connectivity index (χ1n) is 6.46. The second-order valence-electron chi connectivity index (χ2n) is 4.52. The Bertz CT molecular complexity index is 631. The second kappa shape index (κ2) is 6.83. The summed E-state index contributed by atoms with van der Waals surface area (Å²) in [6.45, 7) is 0.419. The Labute approximate surface area is 121 Å². The summed E-state index contributed by atoms with van der Waals surface area (Å²) in [6, 6.07) is 11.5. The monoisotopic (exact) mass is 291 g/mol. The van der Waals surface area contributed by atoms with E-state index in [4.69, 9.17) is 4.74 Å². The molecule has 1 amide bonds. The molecule has 0 heterocycles. The molecular formula is C16H15F2NO2. The molecule has 2 rings (SSSR count). The number of hydrogen-bond acceptors (Lipinski definition) is 2. The van der Waals surface area contributed by atoms with E-state index >= 15 is 0 Å². The Morgan fingerprint density at radius 2 is 1.90 bits per heavy atom. The number of hydrogen-bond donors (Lipinski definition) is 0. The van der Waals surface area contributed by atoms with Gasteiger partial charge in [-0.3, -0.25) is 4.79 Å². The van der Waals surface area contributed by atoms with Gasteiger partial charge in [0, 0.05) is 12.6 Å². The fourth-order valence-corrected chi connectivity index (χ4v) is 1.80. The van der Waals surface area contributed by atoms with Crippen molar-refractivity contribution >= 4 is 5.91 Å². The molecule has 0 spiro atoms. The minimum Gasteiger partial charge on any atom is -0.489 e. The van der Waals surface area contributed by atoms with Crippen molar-refractivity contribution in [2.24, 2.45) is 0 Å². The maximum Gasteiger partial charge on any atom is 0.253 e. The van der Waals surface area contributed by atoms with Crippen molar-refractivity contribution in [3.63, 3.8) is 0 Å². The lowest BCUT2D eigenvalue weighted by Gasteiger charge is -2.17. The molecule has 0 aliphatic rings. The fraction of sp³-hybridized carbons (Fsp3) is 0.188. The number of carbonyl (C=O) groups excluding carboxylic acids is 1. The standard InChI is InChI=1S/C16H15F2NO2/c1-19(16(20)12-5-4-6-13(17)11-12)9-10-21-15-8-3-2-7-14(15)18/h2-8,11H,9-10H2,1H3. The molecule has 2 aromatic carbocycles. The lowest BCUT2D eigenvalue weighted by molar-refractivity contribution is 0.0772. The van der Waals surface area contributed by atoms with Crippen molar-refractivity contribution in [3.05, 3.63) is 65.7 Å². The minimum absolute atomic E-state index is 0.143. The van der Waals surface area contributed by atoms with E-state index in [1.807, 2.05) is 0 Å². The van der Waals surface area contributed by atoms with Crippen LogP contribution in [0, 0.1) is 11.6 Å². The smallest absolute Gasteiger partial charge is 0.253 e. The highest BCUT2D eigenvalue weighted by molar-refractivity contribution is 5.94. The lowest BCUT2D eigenvalue weighted by Crippen LogP contribution is -2.31. The number of halogens is 2. The third-order valence-electron chi connectivity index (χ3n) is 2.94. The van der Waals surface area contributed by atoms with Crippen LogP contribution in [0.25, 0.3) is 0 Å². The van der Waals surface area contributed by atoms with E-state index in [0.717, 1.165) is 0 Å². The number of likely N-dealkylation sites (N-methyl/N-ethyl adjacent to an activating group) is 1. The van der Waals surface area contributed by atoms with Gasteiger partial charge in [-0.25, -0.2) is 8.78 Å². The molecule has 0 fully saturated rings. The van der Waals surface area contributed by atoms with Crippen LogP contribution in [0.3, 0.4) is 0 Å². The van der Waals surface area contributed by atoms with Gasteiger partial charge in [0.05, 0.1) is 6.54 Å². The predicted octanol–water partition coefficient (Wildman–Crippen LogP) is 3.12. The van der Waals surface area contributed by atoms with E-state index in [0.29, 0.717) is 0 Å². The highest BCUT2D eigenvalue weighted by Gasteiger charge is 2.12. The Morgan fingerprint density at radius 1 is 1.14 bits per heavy atom. The normalized spacial score (nSPS) is 10.2. The van der Waals surface area contributed by atoms with E-state index in [2.05, 4.69) is 0 Å². The first kappa shape index (κ1) is 15.0. The molecule has 0 radical (unpaired) electrons. The van der Waals surface area contributed by atoms with Crippen molar-refractivity contribution < 1.29 is 18.3 Å². The molecule has 5 heteroatoms. The van der Waals surface area contributed by atoms with Crippen molar-refractivity contribution in [2.45, 2.75) is 0 Å². The molecule has 110 valence electrons. The SMILES string of the molecule is CN(CCOc1ccccc1F)C(=O)c1cccc(F)c1. The van der Waals surface area contributed by atoms with Crippen LogP contribution in [0.4, 0.5) is 8.78 Å². The summed E-state index contributed by atoms with van der Waals surface area (Å²) in [5, 5.41) is 0. The first-order chi connectivity index (χ1) is 10.1. The van der Waals surface area contributed by atoms with E-state index in [1.54, 1.807) is 25.2 Å². The number of amides is 1. The van der Waals surface area contributed by atoms with Crippen molar-refractivity contribution in [3.8, 4) is 5.75 Å². The summed E-state index contributed by atoms with van der Waals surface area (Å²) in [5.41, 5.74) is 0.267. The van der Waals surface area contributed by atoms with Crippen molar-refractivity contribution in [1.82, 2.24) is 4.90 Å². The Hall–Kier alpha value is -2.43. The minimum atomic E-state index is -0.461. The van der Waals surface area contributed by atoms with Gasteiger partial charge in [0.2, 0.25) is 0 Å². The third-order valence-corrected chi connectivity index (χ3v) is 2.94. The average Bonchev–Trinajstić information content (AvgIpc) is 2.48. The molecule has 2 aromatic rings. The summed E-state index contributed by atoms with van der Waals surface area (Å²) in [5.74, 6) is -1.08. The summed E-state index contributed by atoms with van der Waals surface area (Å²) in [7, 11) is 1.58. The molecule has 0 aliphatic carbocycles. The molecule has 0 unspecified atom stereocenters. The largest absolute Gasteiger partial charge is 0.489 e. The number of nitrogens with zero attached hydrogens (tertiary/aromatic N) is 1. The van der Waals surface area contributed by atoms with Crippen molar-refractivity contribution in [1.29, 1.82) is 0 Å². The number of para-hydroxylation sites is 1. The van der Waals surface area contributed by atoms with E-state index in [9.17, 15) is 13.6 Å². The van der Waals surface area contributed by atoms with Crippen LogP contribution >= 0.6 is 0 Å². The zero-order valence-corrected chi connectivity index (χ0v) is 11.6. The number of rotatable bonds is 5. The topological polar surface area (TPSA) is 29.5 Å². The quantitative estimate of drug-likeness (QED) is 0.847. The molecular weight excluding hydrogens is 276 g/mol. The average molecular weight is 291 g/mol. The number of ether oxygens (including phenoxy) is 1. The van der Waals surface area contributed by atoms with Crippen LogP contribution < -0.4 is 4.74 Å². The molecule has 0 N–H and O–H groups in total. The Balaban J connectivity index is 1.89. The second-order valence-corrected chi connectivity index (χ2v) is 4.52. The zero-order valence-electron chi connectivity index (χ0n) is 11.6. The molecule has 0 saturated carbocycles. The van der Waals surface area contributed by atoms with Crippen LogP contribution in [0.5, 0.6) is 5.75 Å². The first-order valence-corrected chi connectivity index (χ1v) is 6.46. The third kappa shape index (κ3) is 4.02. The molecule has 0 aliphatic heterocycles. The maximum atomic E-state index is 13.3. The summed E-state index contributed by atoms with van der Waals surface area (Å²) in [6.07, 6.45) is 0. The van der Waals surface area contributed by atoms with Gasteiger partial charge in [-0.1, -0.05) is 18.2 Å². The van der Waals surface area contributed by atoms with Gasteiger partial charge in [0.25, 0.3) is 5.91 Å². The molecule has 0 saturated heterocycles. The van der Waals surface area contributed by atoms with Gasteiger partial charge in [-0.2, -0.15) is 0 Å². The maximum absolute atomic E-state index is 13.3. The van der Waals surface area contributed by atoms with Crippen LogP contribution in [0.15, 0.2) is 48.5 Å². The zero-order chi connectivity index (χ0) is 15.2. The summed E-state index contributed by atoms with van der Waals surface area (Å²) >= 11 is 0. The van der Waals surface area contributed by atoms with Crippen LogP contribution in [0.2, 0.25) is 0 Å². The van der Waals surface area contributed by atoms with Gasteiger partial charge in [0.15, 0.2) is 11.6 Å². The molecule has 0 aromatic heterocycles. The number of carbonyl (C=O) groups is 1. The van der Waals surface area contributed by atoms with Crippen molar-refractivity contribution in [2.75, 3.05) is 20.2 Å². The molecule has 0 atom stereocenters. The van der Waals surface area contributed by atoms with Crippen LogP contribution in [-0.4, -0.2) is 31.0 Å². The highest BCUT2D eigenvalue weighted by atomic mass is 19.1.